The molecule has 0 bridgehead atoms. The SMILES string of the molecule is CCOc1cc(/C=N\Nc2nnc3c4ccccc4n(C)c3n2)ccc1O. The van der Waals surface area contributed by atoms with Gasteiger partial charge in [-0.15, -0.1) is 10.2 Å². The fourth-order valence-corrected chi connectivity index (χ4v) is 2.90. The number of rotatable bonds is 5. The summed E-state index contributed by atoms with van der Waals surface area (Å²) in [5, 5.41) is 23.3. The van der Waals surface area contributed by atoms with Crippen molar-refractivity contribution in [3.8, 4) is 11.5 Å². The topological polar surface area (TPSA) is 97.5 Å². The van der Waals surface area contributed by atoms with Crippen molar-refractivity contribution in [1.82, 2.24) is 19.7 Å². The third-order valence-corrected chi connectivity index (χ3v) is 4.17. The first-order chi connectivity index (χ1) is 13.2. The Hall–Kier alpha value is -3.68. The number of phenols is 1. The fraction of sp³-hybridized carbons (Fsp3) is 0.158. The maximum atomic E-state index is 9.74. The van der Waals surface area contributed by atoms with Gasteiger partial charge < -0.3 is 14.4 Å². The number of fused-ring (bicyclic) bond motifs is 3. The molecule has 2 aromatic carbocycles. The van der Waals surface area contributed by atoms with E-state index in [9.17, 15) is 5.11 Å². The van der Waals surface area contributed by atoms with Crippen LogP contribution in [-0.2, 0) is 7.05 Å². The molecule has 0 aliphatic heterocycles. The first-order valence-corrected chi connectivity index (χ1v) is 8.50. The molecule has 0 atom stereocenters. The summed E-state index contributed by atoms with van der Waals surface area (Å²) in [6, 6.07) is 13.0. The van der Waals surface area contributed by atoms with Crippen LogP contribution in [0.1, 0.15) is 12.5 Å². The lowest BCUT2D eigenvalue weighted by atomic mass is 10.2. The molecule has 2 aromatic heterocycles. The lowest BCUT2D eigenvalue weighted by Crippen LogP contribution is -2.01. The Bertz CT molecular complexity index is 1150. The summed E-state index contributed by atoms with van der Waals surface area (Å²) in [6.45, 7) is 2.33. The van der Waals surface area contributed by atoms with E-state index in [4.69, 9.17) is 4.74 Å². The van der Waals surface area contributed by atoms with Gasteiger partial charge in [-0.1, -0.05) is 18.2 Å². The van der Waals surface area contributed by atoms with Crippen LogP contribution in [0, 0.1) is 0 Å². The molecule has 0 aliphatic carbocycles. The van der Waals surface area contributed by atoms with Crippen LogP contribution < -0.4 is 10.2 Å². The number of benzene rings is 2. The first-order valence-electron chi connectivity index (χ1n) is 8.50. The molecule has 4 rings (SSSR count). The molecule has 0 aliphatic rings. The lowest BCUT2D eigenvalue weighted by molar-refractivity contribution is 0.318. The number of nitrogens with one attached hydrogen (secondary N) is 1. The molecular weight excluding hydrogens is 344 g/mol. The third kappa shape index (κ3) is 3.12. The van der Waals surface area contributed by atoms with Crippen LogP contribution in [0.25, 0.3) is 22.1 Å². The molecule has 0 spiro atoms. The highest BCUT2D eigenvalue weighted by molar-refractivity contribution is 6.04. The van der Waals surface area contributed by atoms with Gasteiger partial charge >= 0.3 is 0 Å². The van der Waals surface area contributed by atoms with Crippen molar-refractivity contribution >= 4 is 34.2 Å². The number of aromatic hydroxyl groups is 1. The van der Waals surface area contributed by atoms with Crippen LogP contribution >= 0.6 is 0 Å². The monoisotopic (exact) mass is 362 g/mol. The Morgan fingerprint density at radius 3 is 2.93 bits per heavy atom. The summed E-state index contributed by atoms with van der Waals surface area (Å²) >= 11 is 0. The fourth-order valence-electron chi connectivity index (χ4n) is 2.90. The normalized spacial score (nSPS) is 11.5. The Morgan fingerprint density at radius 1 is 1.22 bits per heavy atom. The summed E-state index contributed by atoms with van der Waals surface area (Å²) in [4.78, 5) is 4.50. The summed E-state index contributed by atoms with van der Waals surface area (Å²) < 4.78 is 7.34. The molecular formula is C19H18N6O2. The van der Waals surface area contributed by atoms with Gasteiger partial charge in [0.05, 0.1) is 18.3 Å². The van der Waals surface area contributed by atoms with Crippen LogP contribution in [0.2, 0.25) is 0 Å². The standard InChI is InChI=1S/C19H18N6O2/c1-3-27-16-10-12(8-9-15(16)26)11-20-23-19-21-18-17(22-24-19)13-6-4-5-7-14(13)25(18)2/h4-11,26H,3H2,1-2H3,(H,21,23,24)/b20-11-. The maximum Gasteiger partial charge on any atom is 0.265 e. The van der Waals surface area contributed by atoms with Crippen molar-refractivity contribution in [2.45, 2.75) is 6.92 Å². The number of hydrogen-bond donors (Lipinski definition) is 2. The highest BCUT2D eigenvalue weighted by Gasteiger charge is 2.11. The minimum absolute atomic E-state index is 0.0933. The van der Waals surface area contributed by atoms with Gasteiger partial charge in [0.2, 0.25) is 0 Å². The van der Waals surface area contributed by atoms with Crippen LogP contribution in [0.5, 0.6) is 11.5 Å². The van der Waals surface area contributed by atoms with Gasteiger partial charge in [-0.3, -0.25) is 0 Å². The van der Waals surface area contributed by atoms with Crippen LogP contribution in [-0.4, -0.2) is 37.7 Å². The molecule has 2 heterocycles. The van der Waals surface area contributed by atoms with Gasteiger partial charge in [-0.2, -0.15) is 10.1 Å². The molecule has 0 fully saturated rings. The second kappa shape index (κ2) is 6.91. The molecule has 0 saturated heterocycles. The third-order valence-electron chi connectivity index (χ3n) is 4.17. The number of hydrogen-bond acceptors (Lipinski definition) is 7. The predicted octanol–water partition coefficient (Wildman–Crippen LogP) is 3.07. The minimum atomic E-state index is 0.0933. The Balaban J connectivity index is 1.59. The molecule has 8 nitrogen and oxygen atoms in total. The molecule has 27 heavy (non-hydrogen) atoms. The van der Waals surface area contributed by atoms with E-state index >= 15 is 0 Å². The number of phenolic OH excluding ortho intramolecular Hbond substituents is 1. The zero-order valence-electron chi connectivity index (χ0n) is 14.9. The maximum absolute atomic E-state index is 9.74. The van der Waals surface area contributed by atoms with Gasteiger partial charge in [-0.05, 0) is 36.8 Å². The van der Waals surface area contributed by atoms with E-state index in [-0.39, 0.29) is 5.75 Å². The summed E-state index contributed by atoms with van der Waals surface area (Å²) in [6.07, 6.45) is 1.59. The largest absolute Gasteiger partial charge is 0.504 e. The van der Waals surface area contributed by atoms with Crippen molar-refractivity contribution in [1.29, 1.82) is 0 Å². The van der Waals surface area contributed by atoms with E-state index < -0.39 is 0 Å². The van der Waals surface area contributed by atoms with Crippen LogP contribution in [0.15, 0.2) is 47.6 Å². The molecule has 4 aromatic rings. The lowest BCUT2D eigenvalue weighted by Gasteiger charge is -2.06. The zero-order valence-corrected chi connectivity index (χ0v) is 14.9. The summed E-state index contributed by atoms with van der Waals surface area (Å²) in [5.41, 5.74) is 6.08. The number of para-hydroxylation sites is 1. The predicted molar refractivity (Wildman–Crippen MR) is 104 cm³/mol. The number of nitrogens with zero attached hydrogens (tertiary/aromatic N) is 5. The molecule has 8 heteroatoms. The molecule has 136 valence electrons. The van der Waals surface area contributed by atoms with Gasteiger partial charge in [0.1, 0.15) is 5.52 Å². The molecule has 0 saturated carbocycles. The second-order valence-corrected chi connectivity index (χ2v) is 5.91. The first kappa shape index (κ1) is 16.8. The van der Waals surface area contributed by atoms with Crippen molar-refractivity contribution in [3.63, 3.8) is 0 Å². The average Bonchev–Trinajstić information content (AvgIpc) is 2.97. The number of anilines is 1. The Kier molecular flexibility index (Phi) is 4.29. The van der Waals surface area contributed by atoms with Crippen molar-refractivity contribution < 1.29 is 9.84 Å². The smallest absolute Gasteiger partial charge is 0.265 e. The van der Waals surface area contributed by atoms with Gasteiger partial charge in [0, 0.05) is 12.4 Å². The number of aryl methyl sites for hydroxylation is 1. The van der Waals surface area contributed by atoms with Gasteiger partial charge in [0.25, 0.3) is 5.95 Å². The molecule has 0 amide bonds. The van der Waals surface area contributed by atoms with Crippen LogP contribution in [0.3, 0.4) is 0 Å². The molecule has 0 unspecified atom stereocenters. The van der Waals surface area contributed by atoms with E-state index in [1.54, 1.807) is 24.4 Å². The molecule has 2 N–H and O–H groups in total. The Morgan fingerprint density at radius 2 is 2.07 bits per heavy atom. The number of ether oxygens (including phenoxy) is 1. The quantitative estimate of drug-likeness (QED) is 0.418. The van der Waals surface area contributed by atoms with Gasteiger partial charge in [-0.25, -0.2) is 5.43 Å². The van der Waals surface area contributed by atoms with E-state index in [0.29, 0.717) is 18.3 Å². The van der Waals surface area contributed by atoms with E-state index in [1.807, 2.05) is 42.8 Å². The number of hydrazone groups is 1. The van der Waals surface area contributed by atoms with Crippen molar-refractivity contribution in [3.05, 3.63) is 48.0 Å². The van der Waals surface area contributed by atoms with E-state index in [0.717, 1.165) is 27.6 Å². The van der Waals surface area contributed by atoms with E-state index in [2.05, 4.69) is 25.7 Å². The zero-order chi connectivity index (χ0) is 18.8. The van der Waals surface area contributed by atoms with Crippen molar-refractivity contribution in [2.24, 2.45) is 12.1 Å². The highest BCUT2D eigenvalue weighted by Crippen LogP contribution is 2.26. The van der Waals surface area contributed by atoms with Crippen LogP contribution in [0.4, 0.5) is 5.95 Å². The summed E-state index contributed by atoms with van der Waals surface area (Å²) in [7, 11) is 1.94. The Labute approximate surface area is 155 Å². The van der Waals surface area contributed by atoms with Gasteiger partial charge in [0.15, 0.2) is 17.1 Å². The summed E-state index contributed by atoms with van der Waals surface area (Å²) in [5.74, 6) is 0.806. The van der Waals surface area contributed by atoms with Crippen molar-refractivity contribution in [2.75, 3.05) is 12.0 Å². The number of aromatic nitrogens is 4. The second-order valence-electron chi connectivity index (χ2n) is 5.91. The highest BCUT2D eigenvalue weighted by atomic mass is 16.5. The average molecular weight is 362 g/mol. The minimum Gasteiger partial charge on any atom is -0.504 e. The van der Waals surface area contributed by atoms with E-state index in [1.165, 1.54) is 0 Å². The molecule has 0 radical (unpaired) electrons.